The predicted octanol–water partition coefficient (Wildman–Crippen LogP) is 3.68. The van der Waals surface area contributed by atoms with Crippen molar-refractivity contribution < 1.29 is 18.0 Å². The number of amides is 1. The lowest BCUT2D eigenvalue weighted by Gasteiger charge is -2.36. The first kappa shape index (κ1) is 17.3. The van der Waals surface area contributed by atoms with Crippen LogP contribution in [0.1, 0.15) is 21.5 Å². The third-order valence-corrected chi connectivity index (χ3v) is 4.68. The standard InChI is InChI=1S/C19H19F3N2O/c1-12-3-4-14(11-13(12)2)19(25)24-9-7-23(8-10-24)16-6-5-15(20)17(21)18(16)22/h3-6,11H,7-10H2,1-2H3. The van der Waals surface area contributed by atoms with Crippen LogP contribution in [0.2, 0.25) is 0 Å². The summed E-state index contributed by atoms with van der Waals surface area (Å²) in [5.74, 6) is -3.93. The second kappa shape index (κ2) is 6.78. The van der Waals surface area contributed by atoms with Gasteiger partial charge in [-0.05, 0) is 49.2 Å². The van der Waals surface area contributed by atoms with E-state index >= 15 is 0 Å². The molecule has 1 saturated heterocycles. The van der Waals surface area contributed by atoms with E-state index in [1.165, 1.54) is 6.07 Å². The van der Waals surface area contributed by atoms with E-state index in [-0.39, 0.29) is 11.6 Å². The predicted molar refractivity (Wildman–Crippen MR) is 90.3 cm³/mol. The number of rotatable bonds is 2. The molecule has 0 spiro atoms. The summed E-state index contributed by atoms with van der Waals surface area (Å²) in [6, 6.07) is 7.72. The molecular weight excluding hydrogens is 329 g/mol. The van der Waals surface area contributed by atoms with Gasteiger partial charge in [0.2, 0.25) is 0 Å². The van der Waals surface area contributed by atoms with Crippen molar-refractivity contribution in [3.8, 4) is 0 Å². The molecule has 132 valence electrons. The number of hydrogen-bond acceptors (Lipinski definition) is 2. The van der Waals surface area contributed by atoms with E-state index in [0.717, 1.165) is 17.2 Å². The molecule has 1 aliphatic rings. The van der Waals surface area contributed by atoms with Gasteiger partial charge < -0.3 is 9.80 Å². The van der Waals surface area contributed by atoms with E-state index < -0.39 is 17.5 Å². The number of piperazine rings is 1. The van der Waals surface area contributed by atoms with Crippen LogP contribution in [0.15, 0.2) is 30.3 Å². The number of halogens is 3. The molecule has 1 amide bonds. The van der Waals surface area contributed by atoms with Crippen molar-refractivity contribution in [3.63, 3.8) is 0 Å². The van der Waals surface area contributed by atoms with Crippen LogP contribution in [0.5, 0.6) is 0 Å². The lowest BCUT2D eigenvalue weighted by molar-refractivity contribution is 0.0746. The van der Waals surface area contributed by atoms with Crippen molar-refractivity contribution in [3.05, 3.63) is 64.5 Å². The molecule has 3 rings (SSSR count). The Balaban J connectivity index is 1.70. The zero-order chi connectivity index (χ0) is 18.1. The summed E-state index contributed by atoms with van der Waals surface area (Å²) in [4.78, 5) is 15.9. The Kier molecular flexibility index (Phi) is 4.70. The van der Waals surface area contributed by atoms with E-state index in [4.69, 9.17) is 0 Å². The molecule has 0 bridgehead atoms. The number of carbonyl (C=O) groups is 1. The summed E-state index contributed by atoms with van der Waals surface area (Å²) in [6.07, 6.45) is 0. The quantitative estimate of drug-likeness (QED) is 0.773. The molecule has 2 aromatic rings. The average Bonchev–Trinajstić information content (AvgIpc) is 2.62. The average molecular weight is 348 g/mol. The molecule has 0 unspecified atom stereocenters. The first-order valence-corrected chi connectivity index (χ1v) is 8.13. The highest BCUT2D eigenvalue weighted by atomic mass is 19.2. The van der Waals surface area contributed by atoms with Gasteiger partial charge in [0.1, 0.15) is 0 Å². The van der Waals surface area contributed by atoms with Gasteiger partial charge in [-0.2, -0.15) is 0 Å². The first-order valence-electron chi connectivity index (χ1n) is 8.13. The van der Waals surface area contributed by atoms with Gasteiger partial charge in [-0.15, -0.1) is 0 Å². The topological polar surface area (TPSA) is 23.6 Å². The number of aryl methyl sites for hydroxylation is 2. The fourth-order valence-corrected chi connectivity index (χ4v) is 2.97. The summed E-state index contributed by atoms with van der Waals surface area (Å²) in [5.41, 5.74) is 2.82. The highest BCUT2D eigenvalue weighted by Crippen LogP contribution is 2.25. The molecule has 0 aliphatic carbocycles. The SMILES string of the molecule is Cc1ccc(C(=O)N2CCN(c3ccc(F)c(F)c3F)CC2)cc1C. The number of carbonyl (C=O) groups excluding carboxylic acids is 1. The number of anilines is 1. The largest absolute Gasteiger partial charge is 0.366 e. The van der Waals surface area contributed by atoms with Gasteiger partial charge in [-0.3, -0.25) is 4.79 Å². The van der Waals surface area contributed by atoms with Crippen LogP contribution in [-0.4, -0.2) is 37.0 Å². The third-order valence-electron chi connectivity index (χ3n) is 4.68. The minimum absolute atomic E-state index is 0.0252. The maximum atomic E-state index is 13.9. The maximum absolute atomic E-state index is 13.9. The second-order valence-corrected chi connectivity index (χ2v) is 6.27. The Morgan fingerprint density at radius 1 is 0.880 bits per heavy atom. The summed E-state index contributed by atoms with van der Waals surface area (Å²) in [7, 11) is 0. The molecular formula is C19H19F3N2O. The van der Waals surface area contributed by atoms with Crippen LogP contribution >= 0.6 is 0 Å². The van der Waals surface area contributed by atoms with Crippen molar-refractivity contribution in [2.75, 3.05) is 31.1 Å². The normalized spacial score (nSPS) is 14.8. The van der Waals surface area contributed by atoms with E-state index in [1.807, 2.05) is 26.0 Å². The van der Waals surface area contributed by atoms with E-state index in [2.05, 4.69) is 0 Å². The molecule has 0 N–H and O–H groups in total. The molecule has 25 heavy (non-hydrogen) atoms. The van der Waals surface area contributed by atoms with Gasteiger partial charge in [0.15, 0.2) is 17.5 Å². The van der Waals surface area contributed by atoms with Crippen LogP contribution in [-0.2, 0) is 0 Å². The molecule has 1 aliphatic heterocycles. The molecule has 0 atom stereocenters. The Morgan fingerprint density at radius 2 is 1.56 bits per heavy atom. The summed E-state index contributed by atoms with van der Waals surface area (Å²) >= 11 is 0. The molecule has 6 heteroatoms. The Labute approximate surface area is 144 Å². The first-order chi connectivity index (χ1) is 11.9. The number of benzene rings is 2. The second-order valence-electron chi connectivity index (χ2n) is 6.27. The molecule has 2 aromatic carbocycles. The van der Waals surface area contributed by atoms with Gasteiger partial charge in [0, 0.05) is 31.7 Å². The van der Waals surface area contributed by atoms with Gasteiger partial charge in [0.05, 0.1) is 5.69 Å². The number of nitrogens with zero attached hydrogens (tertiary/aromatic N) is 2. The summed E-state index contributed by atoms with van der Waals surface area (Å²) < 4.78 is 40.4. The van der Waals surface area contributed by atoms with E-state index in [0.29, 0.717) is 31.7 Å². The smallest absolute Gasteiger partial charge is 0.253 e. The molecule has 1 fully saturated rings. The minimum atomic E-state index is -1.47. The minimum Gasteiger partial charge on any atom is -0.366 e. The highest BCUT2D eigenvalue weighted by Gasteiger charge is 2.25. The molecule has 0 saturated carbocycles. The van der Waals surface area contributed by atoms with Crippen LogP contribution in [0.25, 0.3) is 0 Å². The number of hydrogen-bond donors (Lipinski definition) is 0. The van der Waals surface area contributed by atoms with Gasteiger partial charge in [-0.25, -0.2) is 13.2 Å². The highest BCUT2D eigenvalue weighted by molar-refractivity contribution is 5.94. The third kappa shape index (κ3) is 3.34. The van der Waals surface area contributed by atoms with Gasteiger partial charge >= 0.3 is 0 Å². The van der Waals surface area contributed by atoms with Crippen LogP contribution < -0.4 is 4.90 Å². The van der Waals surface area contributed by atoms with Crippen molar-refractivity contribution in [1.82, 2.24) is 4.90 Å². The molecule has 1 heterocycles. The lowest BCUT2D eigenvalue weighted by atomic mass is 10.1. The Morgan fingerprint density at radius 3 is 2.20 bits per heavy atom. The lowest BCUT2D eigenvalue weighted by Crippen LogP contribution is -2.49. The van der Waals surface area contributed by atoms with Crippen molar-refractivity contribution in [2.24, 2.45) is 0 Å². The van der Waals surface area contributed by atoms with Crippen LogP contribution in [0, 0.1) is 31.3 Å². The summed E-state index contributed by atoms with van der Waals surface area (Å²) in [6.45, 7) is 5.44. The Bertz CT molecular complexity index is 815. The van der Waals surface area contributed by atoms with Crippen molar-refractivity contribution >= 4 is 11.6 Å². The van der Waals surface area contributed by atoms with Crippen molar-refractivity contribution in [2.45, 2.75) is 13.8 Å². The zero-order valence-electron chi connectivity index (χ0n) is 14.2. The maximum Gasteiger partial charge on any atom is 0.253 e. The van der Waals surface area contributed by atoms with Crippen LogP contribution in [0.4, 0.5) is 18.9 Å². The monoisotopic (exact) mass is 348 g/mol. The molecule has 0 radical (unpaired) electrons. The Hall–Kier alpha value is -2.50. The fraction of sp³-hybridized carbons (Fsp3) is 0.316. The van der Waals surface area contributed by atoms with Gasteiger partial charge in [0.25, 0.3) is 5.91 Å². The van der Waals surface area contributed by atoms with Crippen LogP contribution in [0.3, 0.4) is 0 Å². The fourth-order valence-electron chi connectivity index (χ4n) is 2.97. The zero-order valence-corrected chi connectivity index (χ0v) is 14.2. The summed E-state index contributed by atoms with van der Waals surface area (Å²) in [5, 5.41) is 0. The van der Waals surface area contributed by atoms with E-state index in [1.54, 1.807) is 15.9 Å². The van der Waals surface area contributed by atoms with Crippen molar-refractivity contribution in [1.29, 1.82) is 0 Å². The van der Waals surface area contributed by atoms with E-state index in [9.17, 15) is 18.0 Å². The molecule has 3 nitrogen and oxygen atoms in total. The van der Waals surface area contributed by atoms with Gasteiger partial charge in [-0.1, -0.05) is 6.07 Å². The molecule has 0 aromatic heterocycles.